The Morgan fingerprint density at radius 3 is 2.47 bits per heavy atom. The molecule has 0 bridgehead atoms. The van der Waals surface area contributed by atoms with Crippen LogP contribution < -0.4 is 4.31 Å². The van der Waals surface area contributed by atoms with Gasteiger partial charge < -0.3 is 4.74 Å². The number of benzene rings is 1. The van der Waals surface area contributed by atoms with E-state index in [4.69, 9.17) is 4.74 Å². The molecule has 1 rings (SSSR count). The molecule has 0 N–H and O–H groups in total. The van der Waals surface area contributed by atoms with Gasteiger partial charge in [0.05, 0.1) is 18.0 Å². The molecule has 0 fully saturated rings. The van der Waals surface area contributed by atoms with Crippen molar-refractivity contribution in [2.75, 3.05) is 17.1 Å². The maximum Gasteiger partial charge on any atom is 0.327 e. The van der Waals surface area contributed by atoms with Crippen molar-refractivity contribution in [3.63, 3.8) is 0 Å². The molecule has 6 heteroatoms. The molecule has 0 spiro atoms. The van der Waals surface area contributed by atoms with Gasteiger partial charge in [-0.3, -0.25) is 9.10 Å². The monoisotopic (exact) mass is 285 g/mol. The maximum absolute atomic E-state index is 11.8. The number of nitrogens with zero attached hydrogens (tertiary/aromatic N) is 1. The predicted octanol–water partition coefficient (Wildman–Crippen LogP) is 1.71. The second kappa shape index (κ2) is 6.06. The zero-order valence-corrected chi connectivity index (χ0v) is 12.4. The summed E-state index contributed by atoms with van der Waals surface area (Å²) in [7, 11) is -3.53. The molecule has 19 heavy (non-hydrogen) atoms. The van der Waals surface area contributed by atoms with Crippen LogP contribution in [-0.2, 0) is 19.6 Å². The van der Waals surface area contributed by atoms with Crippen molar-refractivity contribution >= 4 is 21.7 Å². The van der Waals surface area contributed by atoms with E-state index >= 15 is 0 Å². The molecule has 0 atom stereocenters. The van der Waals surface area contributed by atoms with Gasteiger partial charge in [0.2, 0.25) is 10.0 Å². The Kier molecular flexibility index (Phi) is 4.94. The Balaban J connectivity index is 3.01. The van der Waals surface area contributed by atoms with E-state index in [2.05, 4.69) is 0 Å². The van der Waals surface area contributed by atoms with Crippen LogP contribution in [0.2, 0.25) is 0 Å². The van der Waals surface area contributed by atoms with E-state index in [1.165, 1.54) is 0 Å². The number of ether oxygens (including phenoxy) is 1. The molecule has 0 aliphatic carbocycles. The van der Waals surface area contributed by atoms with Crippen LogP contribution in [0.15, 0.2) is 24.3 Å². The highest BCUT2D eigenvalue weighted by molar-refractivity contribution is 7.92. The standard InChI is InChI=1S/C13H19NO4S/c1-10(2)18-13(15)9-14(19(4,16)17)12-7-5-6-11(3)8-12/h5-8,10H,9H2,1-4H3. The molecule has 5 nitrogen and oxygen atoms in total. The molecule has 0 aromatic heterocycles. The topological polar surface area (TPSA) is 63.7 Å². The average molecular weight is 285 g/mol. The van der Waals surface area contributed by atoms with Gasteiger partial charge in [-0.2, -0.15) is 0 Å². The number of esters is 1. The summed E-state index contributed by atoms with van der Waals surface area (Å²) in [6.07, 6.45) is 0.796. The number of hydrogen-bond acceptors (Lipinski definition) is 4. The van der Waals surface area contributed by atoms with Gasteiger partial charge in [0.25, 0.3) is 0 Å². The molecule has 0 unspecified atom stereocenters. The molecule has 0 aliphatic rings. The zero-order chi connectivity index (χ0) is 14.6. The largest absolute Gasteiger partial charge is 0.462 e. The number of aryl methyl sites for hydroxylation is 1. The SMILES string of the molecule is Cc1cccc(N(CC(=O)OC(C)C)S(C)(=O)=O)c1. The molecule has 1 aromatic rings. The quantitative estimate of drug-likeness (QED) is 0.773. The van der Waals surface area contributed by atoms with Gasteiger partial charge in [-0.1, -0.05) is 12.1 Å². The molecule has 0 aliphatic heterocycles. The zero-order valence-electron chi connectivity index (χ0n) is 11.6. The lowest BCUT2D eigenvalue weighted by atomic mass is 10.2. The minimum absolute atomic E-state index is 0.272. The number of rotatable bonds is 5. The minimum Gasteiger partial charge on any atom is -0.462 e. The average Bonchev–Trinajstić information content (AvgIpc) is 2.23. The van der Waals surface area contributed by atoms with Crippen LogP contribution in [0, 0.1) is 6.92 Å². The Morgan fingerprint density at radius 2 is 2.00 bits per heavy atom. The lowest BCUT2D eigenvalue weighted by Crippen LogP contribution is -2.36. The van der Waals surface area contributed by atoms with Crippen LogP contribution >= 0.6 is 0 Å². The summed E-state index contributed by atoms with van der Waals surface area (Å²) in [5.41, 5.74) is 1.38. The van der Waals surface area contributed by atoms with E-state index in [-0.39, 0.29) is 12.6 Å². The number of hydrogen-bond donors (Lipinski definition) is 0. The summed E-state index contributed by atoms with van der Waals surface area (Å²) in [6.45, 7) is 4.97. The molecule has 106 valence electrons. The first-order valence-corrected chi connectivity index (χ1v) is 7.79. The van der Waals surface area contributed by atoms with Gasteiger partial charge in [-0.15, -0.1) is 0 Å². The number of carbonyl (C=O) groups excluding carboxylic acids is 1. The van der Waals surface area contributed by atoms with E-state index in [1.807, 2.05) is 13.0 Å². The summed E-state index contributed by atoms with van der Waals surface area (Å²) in [6, 6.07) is 6.97. The van der Waals surface area contributed by atoms with Crippen LogP contribution in [-0.4, -0.2) is 33.3 Å². The molecule has 1 aromatic carbocycles. The fourth-order valence-corrected chi connectivity index (χ4v) is 2.44. The highest BCUT2D eigenvalue weighted by atomic mass is 32.2. The first-order valence-electron chi connectivity index (χ1n) is 5.94. The van der Waals surface area contributed by atoms with Crippen LogP contribution in [0.1, 0.15) is 19.4 Å². The second-order valence-electron chi connectivity index (χ2n) is 4.65. The van der Waals surface area contributed by atoms with Crippen LogP contribution in [0.3, 0.4) is 0 Å². The van der Waals surface area contributed by atoms with Crippen molar-refractivity contribution in [1.29, 1.82) is 0 Å². The van der Waals surface area contributed by atoms with E-state index in [0.717, 1.165) is 16.1 Å². The van der Waals surface area contributed by atoms with Crippen molar-refractivity contribution < 1.29 is 17.9 Å². The Bertz CT molecular complexity index is 552. The molecule has 0 radical (unpaired) electrons. The normalized spacial score (nSPS) is 11.4. The second-order valence-corrected chi connectivity index (χ2v) is 6.55. The lowest BCUT2D eigenvalue weighted by Gasteiger charge is -2.22. The lowest BCUT2D eigenvalue weighted by molar-refractivity contribution is -0.145. The third-order valence-corrected chi connectivity index (χ3v) is 3.47. The molecule has 0 amide bonds. The van der Waals surface area contributed by atoms with Crippen molar-refractivity contribution in [2.24, 2.45) is 0 Å². The van der Waals surface area contributed by atoms with Crippen molar-refractivity contribution in [3.05, 3.63) is 29.8 Å². The number of carbonyl (C=O) groups is 1. The molecular weight excluding hydrogens is 266 g/mol. The highest BCUT2D eigenvalue weighted by Crippen LogP contribution is 2.18. The Morgan fingerprint density at radius 1 is 1.37 bits per heavy atom. The fourth-order valence-electron chi connectivity index (χ4n) is 1.60. The number of anilines is 1. The van der Waals surface area contributed by atoms with E-state index in [0.29, 0.717) is 5.69 Å². The summed E-state index contributed by atoms with van der Waals surface area (Å²) >= 11 is 0. The summed E-state index contributed by atoms with van der Waals surface area (Å²) < 4.78 is 29.6. The van der Waals surface area contributed by atoms with Crippen LogP contribution in [0.5, 0.6) is 0 Å². The fraction of sp³-hybridized carbons (Fsp3) is 0.462. The third-order valence-electron chi connectivity index (χ3n) is 2.33. The first-order chi connectivity index (χ1) is 8.70. The Labute approximate surface area is 114 Å². The smallest absolute Gasteiger partial charge is 0.327 e. The first kappa shape index (κ1) is 15.5. The highest BCUT2D eigenvalue weighted by Gasteiger charge is 2.22. The predicted molar refractivity (Wildman–Crippen MR) is 74.6 cm³/mol. The summed E-state index contributed by atoms with van der Waals surface area (Å²) in [5.74, 6) is -0.568. The van der Waals surface area contributed by atoms with Crippen molar-refractivity contribution in [2.45, 2.75) is 26.9 Å². The molecule has 0 heterocycles. The molecule has 0 saturated carbocycles. The van der Waals surface area contributed by atoms with Gasteiger partial charge >= 0.3 is 5.97 Å². The maximum atomic E-state index is 11.8. The molecular formula is C13H19NO4S. The van der Waals surface area contributed by atoms with E-state index in [1.54, 1.807) is 32.0 Å². The van der Waals surface area contributed by atoms with E-state index < -0.39 is 16.0 Å². The minimum atomic E-state index is -3.53. The van der Waals surface area contributed by atoms with Gasteiger partial charge in [0.1, 0.15) is 6.54 Å². The van der Waals surface area contributed by atoms with Crippen molar-refractivity contribution in [1.82, 2.24) is 0 Å². The molecule has 0 saturated heterocycles. The third kappa shape index (κ3) is 4.90. The number of sulfonamides is 1. The van der Waals surface area contributed by atoms with Crippen molar-refractivity contribution in [3.8, 4) is 0 Å². The van der Waals surface area contributed by atoms with Gasteiger partial charge in [-0.25, -0.2) is 8.42 Å². The van der Waals surface area contributed by atoms with Gasteiger partial charge in [0, 0.05) is 0 Å². The van der Waals surface area contributed by atoms with Gasteiger partial charge in [-0.05, 0) is 38.5 Å². The van der Waals surface area contributed by atoms with Gasteiger partial charge in [0.15, 0.2) is 0 Å². The summed E-state index contributed by atoms with van der Waals surface area (Å²) in [4.78, 5) is 11.6. The van der Waals surface area contributed by atoms with E-state index in [9.17, 15) is 13.2 Å². The Hall–Kier alpha value is -1.56. The summed E-state index contributed by atoms with van der Waals surface area (Å²) in [5, 5.41) is 0. The van der Waals surface area contributed by atoms with Crippen LogP contribution in [0.4, 0.5) is 5.69 Å². The van der Waals surface area contributed by atoms with Crippen LogP contribution in [0.25, 0.3) is 0 Å².